The first-order chi connectivity index (χ1) is 11.0. The Labute approximate surface area is 141 Å². The highest BCUT2D eigenvalue weighted by molar-refractivity contribution is 6.30. The molecule has 0 bridgehead atoms. The van der Waals surface area contributed by atoms with Gasteiger partial charge in [-0.15, -0.1) is 0 Å². The van der Waals surface area contributed by atoms with E-state index in [4.69, 9.17) is 11.6 Å². The molecule has 23 heavy (non-hydrogen) atoms. The average Bonchev–Trinajstić information content (AvgIpc) is 3.07. The van der Waals surface area contributed by atoms with E-state index in [2.05, 4.69) is 10.6 Å². The van der Waals surface area contributed by atoms with E-state index in [-0.39, 0.29) is 24.3 Å². The number of aliphatic hydroxyl groups excluding tert-OH is 1. The van der Waals surface area contributed by atoms with Crippen LogP contribution in [0, 0.1) is 5.92 Å². The van der Waals surface area contributed by atoms with Gasteiger partial charge in [0.25, 0.3) is 0 Å². The van der Waals surface area contributed by atoms with Crippen molar-refractivity contribution in [2.75, 3.05) is 6.54 Å². The Morgan fingerprint density at radius 3 is 2.48 bits per heavy atom. The Kier molecular flexibility index (Phi) is 6.42. The Bertz CT molecular complexity index is 541. The molecule has 1 saturated carbocycles. The standard InChI is InChI=1S/C17H23ClN2O3/c1-11(16(22)12-6-8-14(18)9-7-12)20-15(21)10-19-17(23)13-4-2-3-5-13/h6-9,11,13,16,22H,2-5,10H2,1H3,(H,19,23)(H,20,21). The van der Waals surface area contributed by atoms with Gasteiger partial charge >= 0.3 is 0 Å². The van der Waals surface area contributed by atoms with Crippen molar-refractivity contribution in [3.8, 4) is 0 Å². The molecule has 0 spiro atoms. The minimum atomic E-state index is -0.832. The second kappa shape index (κ2) is 8.31. The first-order valence-electron chi connectivity index (χ1n) is 7.98. The fraction of sp³-hybridized carbons (Fsp3) is 0.529. The number of halogens is 1. The van der Waals surface area contributed by atoms with Crippen molar-refractivity contribution in [3.05, 3.63) is 34.9 Å². The zero-order chi connectivity index (χ0) is 16.8. The predicted octanol–water partition coefficient (Wildman–Crippen LogP) is 2.18. The second-order valence-electron chi connectivity index (χ2n) is 6.05. The van der Waals surface area contributed by atoms with Gasteiger partial charge in [0.15, 0.2) is 0 Å². The summed E-state index contributed by atoms with van der Waals surface area (Å²) in [5.74, 6) is -0.319. The van der Waals surface area contributed by atoms with Crippen molar-refractivity contribution in [1.82, 2.24) is 10.6 Å². The fourth-order valence-electron chi connectivity index (χ4n) is 2.83. The zero-order valence-electron chi connectivity index (χ0n) is 13.2. The van der Waals surface area contributed by atoms with Crippen LogP contribution in [-0.2, 0) is 9.59 Å². The van der Waals surface area contributed by atoms with Crippen LogP contribution in [0.1, 0.15) is 44.3 Å². The maximum absolute atomic E-state index is 11.9. The quantitative estimate of drug-likeness (QED) is 0.744. The number of nitrogens with one attached hydrogen (secondary N) is 2. The Balaban J connectivity index is 1.77. The van der Waals surface area contributed by atoms with Crippen LogP contribution >= 0.6 is 11.6 Å². The molecule has 126 valence electrons. The minimum Gasteiger partial charge on any atom is -0.386 e. The third kappa shape index (κ3) is 5.22. The van der Waals surface area contributed by atoms with E-state index >= 15 is 0 Å². The van der Waals surface area contributed by atoms with E-state index in [0.717, 1.165) is 25.7 Å². The van der Waals surface area contributed by atoms with E-state index in [1.54, 1.807) is 31.2 Å². The molecular weight excluding hydrogens is 316 g/mol. The molecule has 1 aliphatic carbocycles. The lowest BCUT2D eigenvalue weighted by molar-refractivity contribution is -0.128. The molecule has 0 aromatic heterocycles. The summed E-state index contributed by atoms with van der Waals surface area (Å²) in [5, 5.41) is 16.2. The molecule has 3 N–H and O–H groups in total. The number of carbonyl (C=O) groups excluding carboxylic acids is 2. The predicted molar refractivity (Wildman–Crippen MR) is 89.0 cm³/mol. The van der Waals surface area contributed by atoms with Crippen molar-refractivity contribution in [2.24, 2.45) is 5.92 Å². The van der Waals surface area contributed by atoms with Crippen molar-refractivity contribution in [2.45, 2.75) is 44.8 Å². The zero-order valence-corrected chi connectivity index (χ0v) is 14.0. The molecule has 1 fully saturated rings. The summed E-state index contributed by atoms with van der Waals surface area (Å²) >= 11 is 5.81. The van der Waals surface area contributed by atoms with Crippen LogP contribution in [0.15, 0.2) is 24.3 Å². The smallest absolute Gasteiger partial charge is 0.239 e. The molecule has 0 radical (unpaired) electrons. The third-order valence-electron chi connectivity index (χ3n) is 4.22. The second-order valence-corrected chi connectivity index (χ2v) is 6.49. The van der Waals surface area contributed by atoms with Crippen LogP contribution in [0.5, 0.6) is 0 Å². The van der Waals surface area contributed by atoms with E-state index in [9.17, 15) is 14.7 Å². The maximum Gasteiger partial charge on any atom is 0.239 e. The summed E-state index contributed by atoms with van der Waals surface area (Å²) in [6, 6.07) is 6.36. The Morgan fingerprint density at radius 2 is 1.87 bits per heavy atom. The molecular formula is C17H23ClN2O3. The van der Waals surface area contributed by atoms with Crippen LogP contribution in [0.4, 0.5) is 0 Å². The van der Waals surface area contributed by atoms with E-state index in [1.165, 1.54) is 0 Å². The lowest BCUT2D eigenvalue weighted by Crippen LogP contribution is -2.44. The van der Waals surface area contributed by atoms with Gasteiger partial charge in [-0.25, -0.2) is 0 Å². The normalized spacial score (nSPS) is 17.5. The van der Waals surface area contributed by atoms with E-state index in [0.29, 0.717) is 10.6 Å². The monoisotopic (exact) mass is 338 g/mol. The van der Waals surface area contributed by atoms with Crippen LogP contribution in [0.3, 0.4) is 0 Å². The van der Waals surface area contributed by atoms with Crippen LogP contribution in [0.25, 0.3) is 0 Å². The average molecular weight is 339 g/mol. The molecule has 0 saturated heterocycles. The molecule has 5 nitrogen and oxygen atoms in total. The van der Waals surface area contributed by atoms with Gasteiger partial charge in [0.05, 0.1) is 18.7 Å². The van der Waals surface area contributed by atoms with Crippen molar-refractivity contribution < 1.29 is 14.7 Å². The van der Waals surface area contributed by atoms with Crippen LogP contribution in [-0.4, -0.2) is 29.5 Å². The topological polar surface area (TPSA) is 78.4 Å². The van der Waals surface area contributed by atoms with Gasteiger partial charge < -0.3 is 15.7 Å². The highest BCUT2D eigenvalue weighted by atomic mass is 35.5. The van der Waals surface area contributed by atoms with Gasteiger partial charge in [-0.3, -0.25) is 9.59 Å². The summed E-state index contributed by atoms with van der Waals surface area (Å²) in [6.07, 6.45) is 3.13. The van der Waals surface area contributed by atoms with Gasteiger partial charge in [-0.05, 0) is 37.5 Å². The Morgan fingerprint density at radius 1 is 1.26 bits per heavy atom. The lowest BCUT2D eigenvalue weighted by atomic mass is 10.0. The SMILES string of the molecule is CC(NC(=O)CNC(=O)C1CCCC1)C(O)c1ccc(Cl)cc1. The molecule has 0 aliphatic heterocycles. The van der Waals surface area contributed by atoms with Gasteiger partial charge in [0, 0.05) is 10.9 Å². The summed E-state index contributed by atoms with van der Waals surface area (Å²) < 4.78 is 0. The molecule has 0 heterocycles. The first-order valence-corrected chi connectivity index (χ1v) is 8.36. The van der Waals surface area contributed by atoms with Crippen molar-refractivity contribution in [3.63, 3.8) is 0 Å². The van der Waals surface area contributed by atoms with Crippen LogP contribution < -0.4 is 10.6 Å². The Hall–Kier alpha value is -1.59. The third-order valence-corrected chi connectivity index (χ3v) is 4.47. The molecule has 1 aromatic rings. The number of rotatable bonds is 6. The van der Waals surface area contributed by atoms with Gasteiger partial charge in [-0.2, -0.15) is 0 Å². The largest absolute Gasteiger partial charge is 0.386 e. The fourth-order valence-corrected chi connectivity index (χ4v) is 2.96. The van der Waals surface area contributed by atoms with Crippen molar-refractivity contribution in [1.29, 1.82) is 0 Å². The highest BCUT2D eigenvalue weighted by Gasteiger charge is 2.23. The maximum atomic E-state index is 11.9. The minimum absolute atomic E-state index is 0.0416. The summed E-state index contributed by atoms with van der Waals surface area (Å²) in [6.45, 7) is 1.66. The number of benzene rings is 1. The molecule has 1 aromatic carbocycles. The summed E-state index contributed by atoms with van der Waals surface area (Å²) in [4.78, 5) is 23.8. The van der Waals surface area contributed by atoms with Gasteiger partial charge in [-0.1, -0.05) is 36.6 Å². The number of hydrogen-bond donors (Lipinski definition) is 3. The molecule has 1 aliphatic rings. The van der Waals surface area contributed by atoms with Crippen molar-refractivity contribution >= 4 is 23.4 Å². The number of carbonyl (C=O) groups is 2. The molecule has 2 atom stereocenters. The highest BCUT2D eigenvalue weighted by Crippen LogP contribution is 2.24. The molecule has 6 heteroatoms. The van der Waals surface area contributed by atoms with Gasteiger partial charge in [0.2, 0.25) is 11.8 Å². The number of aliphatic hydroxyl groups is 1. The van der Waals surface area contributed by atoms with E-state index < -0.39 is 12.1 Å². The molecule has 2 amide bonds. The first kappa shape index (κ1) is 17.8. The summed E-state index contributed by atoms with van der Waals surface area (Å²) in [7, 11) is 0. The lowest BCUT2D eigenvalue weighted by Gasteiger charge is -2.21. The molecule has 2 unspecified atom stereocenters. The molecule has 2 rings (SSSR count). The van der Waals surface area contributed by atoms with E-state index in [1.807, 2.05) is 0 Å². The summed E-state index contributed by atoms with van der Waals surface area (Å²) in [5.41, 5.74) is 0.678. The number of hydrogen-bond acceptors (Lipinski definition) is 3. The number of amides is 2. The van der Waals surface area contributed by atoms with Crippen LogP contribution in [0.2, 0.25) is 5.02 Å². The van der Waals surface area contributed by atoms with Gasteiger partial charge in [0.1, 0.15) is 0 Å².